The number of hydrogen-bond donors (Lipinski definition) is 0. The van der Waals surface area contributed by atoms with Gasteiger partial charge in [-0.25, -0.2) is 0 Å². The van der Waals surface area contributed by atoms with Crippen LogP contribution in [0.5, 0.6) is 5.75 Å². The average molecular weight is 417 g/mol. The molecule has 1 heterocycles. The third-order valence-corrected chi connectivity index (χ3v) is 5.80. The summed E-state index contributed by atoms with van der Waals surface area (Å²) in [5.41, 5.74) is 5.28. The molecule has 0 atom stereocenters. The first-order valence-corrected chi connectivity index (χ1v) is 10.2. The fourth-order valence-electron chi connectivity index (χ4n) is 2.74. The van der Waals surface area contributed by atoms with Gasteiger partial charge in [0.2, 0.25) is 0 Å². The van der Waals surface area contributed by atoms with E-state index in [4.69, 9.17) is 20.8 Å². The van der Waals surface area contributed by atoms with Gasteiger partial charge in [0.1, 0.15) is 5.75 Å². The molecule has 0 aliphatic heterocycles. The fourth-order valence-corrected chi connectivity index (χ4v) is 3.53. The molecule has 0 saturated carbocycles. The van der Waals surface area contributed by atoms with Crippen LogP contribution in [0.3, 0.4) is 0 Å². The molecule has 0 bridgehead atoms. The van der Waals surface area contributed by atoms with Crippen LogP contribution in [-0.2, 0) is 6.61 Å². The maximum absolute atomic E-state index is 12.7. The van der Waals surface area contributed by atoms with Crippen LogP contribution in [0.25, 0.3) is 0 Å². The number of nitrogens with zero attached hydrogens (tertiary/aromatic N) is 2. The number of ether oxygens (including phenoxy) is 1. The molecule has 5 nitrogen and oxygen atoms in total. The van der Waals surface area contributed by atoms with Crippen molar-refractivity contribution in [3.63, 3.8) is 0 Å². The molecule has 0 fully saturated rings. The van der Waals surface area contributed by atoms with E-state index in [1.54, 1.807) is 24.3 Å². The van der Waals surface area contributed by atoms with E-state index in [2.05, 4.69) is 17.1 Å². The molecule has 0 unspecified atom stereocenters. The number of aryl methyl sites for hydroxylation is 1. The number of carbonyl (C=O) groups excluding carboxylic acids is 1. The fraction of sp³-hybridized carbons (Fsp3) is 0.286. The average Bonchev–Trinajstić information content (AvgIpc) is 3.14. The monoisotopic (exact) mass is 416 g/mol. The minimum absolute atomic E-state index is 0.0471. The van der Waals surface area contributed by atoms with Crippen LogP contribution in [0.15, 0.2) is 40.0 Å². The van der Waals surface area contributed by atoms with Crippen molar-refractivity contribution in [1.82, 2.24) is 10.2 Å². The molecule has 3 aromatic rings. The molecular formula is C21H21ClN2O3S. The Morgan fingerprint density at radius 1 is 1.07 bits per heavy atom. The Labute approximate surface area is 173 Å². The van der Waals surface area contributed by atoms with Crippen LogP contribution in [0.1, 0.15) is 38.5 Å². The molecule has 28 heavy (non-hydrogen) atoms. The highest BCUT2D eigenvalue weighted by atomic mass is 35.5. The Morgan fingerprint density at radius 3 is 2.50 bits per heavy atom. The van der Waals surface area contributed by atoms with E-state index in [1.807, 2.05) is 26.8 Å². The van der Waals surface area contributed by atoms with Gasteiger partial charge < -0.3 is 9.15 Å². The van der Waals surface area contributed by atoms with Crippen molar-refractivity contribution in [1.29, 1.82) is 0 Å². The third kappa shape index (κ3) is 4.75. The van der Waals surface area contributed by atoms with E-state index in [0.717, 1.165) is 22.3 Å². The molecule has 0 radical (unpaired) electrons. The van der Waals surface area contributed by atoms with Gasteiger partial charge >= 0.3 is 0 Å². The molecule has 2 aromatic carbocycles. The molecule has 146 valence electrons. The largest absolute Gasteiger partial charge is 0.484 e. The van der Waals surface area contributed by atoms with E-state index in [0.29, 0.717) is 21.9 Å². The molecule has 0 N–H and O–H groups in total. The Balaban J connectivity index is 1.58. The van der Waals surface area contributed by atoms with Crippen molar-refractivity contribution in [3.05, 3.63) is 69.1 Å². The summed E-state index contributed by atoms with van der Waals surface area (Å²) in [5, 5.41) is 8.92. The number of rotatable bonds is 7. The standard InChI is InChI=1S/C21H21ClN2O3S/c1-12-9-18(15(4)14(3)13(12)2)19(25)11-28-21-24-23-20(27-21)10-26-17-7-5-16(22)6-8-17/h5-9H,10-11H2,1-4H3. The van der Waals surface area contributed by atoms with Crippen molar-refractivity contribution in [2.45, 2.75) is 39.5 Å². The van der Waals surface area contributed by atoms with E-state index in [-0.39, 0.29) is 18.1 Å². The lowest BCUT2D eigenvalue weighted by Gasteiger charge is -2.13. The number of hydrogen-bond acceptors (Lipinski definition) is 6. The Bertz CT molecular complexity index is 1000. The molecule has 0 saturated heterocycles. The molecule has 1 aromatic heterocycles. The minimum Gasteiger partial charge on any atom is -0.484 e. The lowest BCUT2D eigenvalue weighted by atomic mass is 9.93. The first kappa shape index (κ1) is 20.4. The minimum atomic E-state index is 0.0471. The zero-order valence-corrected chi connectivity index (χ0v) is 17.8. The summed E-state index contributed by atoms with van der Waals surface area (Å²) in [6, 6.07) is 8.98. The molecule has 0 spiro atoms. The first-order chi connectivity index (χ1) is 13.3. The summed E-state index contributed by atoms with van der Waals surface area (Å²) in [6.45, 7) is 8.28. The van der Waals surface area contributed by atoms with E-state index < -0.39 is 0 Å². The molecule has 0 aliphatic rings. The van der Waals surface area contributed by atoms with Crippen LogP contribution in [-0.4, -0.2) is 21.7 Å². The molecule has 3 rings (SSSR count). The number of aromatic nitrogens is 2. The SMILES string of the molecule is Cc1cc(C(=O)CSc2nnc(COc3ccc(Cl)cc3)o2)c(C)c(C)c1C. The number of benzene rings is 2. The van der Waals surface area contributed by atoms with Crippen LogP contribution < -0.4 is 4.74 Å². The second kappa shape index (κ2) is 8.80. The van der Waals surface area contributed by atoms with E-state index in [9.17, 15) is 4.79 Å². The van der Waals surface area contributed by atoms with Gasteiger partial charge in [0.05, 0.1) is 5.75 Å². The predicted octanol–water partition coefficient (Wildman–Crippen LogP) is 5.51. The number of ketones is 1. The predicted molar refractivity (Wildman–Crippen MR) is 111 cm³/mol. The van der Waals surface area contributed by atoms with Crippen LogP contribution in [0.4, 0.5) is 0 Å². The van der Waals surface area contributed by atoms with Gasteiger partial charge in [-0.05, 0) is 80.3 Å². The van der Waals surface area contributed by atoms with Gasteiger partial charge in [-0.3, -0.25) is 4.79 Å². The summed E-state index contributed by atoms with van der Waals surface area (Å²) in [7, 11) is 0. The van der Waals surface area contributed by atoms with Crippen LogP contribution in [0.2, 0.25) is 5.02 Å². The second-order valence-electron chi connectivity index (χ2n) is 6.53. The smallest absolute Gasteiger partial charge is 0.277 e. The molecular weight excluding hydrogens is 396 g/mol. The van der Waals surface area contributed by atoms with Gasteiger partial charge in [-0.2, -0.15) is 0 Å². The number of carbonyl (C=O) groups is 1. The summed E-state index contributed by atoms with van der Waals surface area (Å²) in [5.74, 6) is 1.30. The van der Waals surface area contributed by atoms with Gasteiger partial charge in [0.15, 0.2) is 12.4 Å². The Hall–Kier alpha value is -2.31. The maximum atomic E-state index is 12.7. The van der Waals surface area contributed by atoms with E-state index >= 15 is 0 Å². The lowest BCUT2D eigenvalue weighted by Crippen LogP contribution is -2.08. The van der Waals surface area contributed by atoms with E-state index in [1.165, 1.54) is 17.3 Å². The van der Waals surface area contributed by atoms with Crippen molar-refractivity contribution >= 4 is 29.1 Å². The Kier molecular flexibility index (Phi) is 6.42. The molecule has 0 aliphatic carbocycles. The molecule has 7 heteroatoms. The zero-order chi connectivity index (χ0) is 20.3. The van der Waals surface area contributed by atoms with Gasteiger partial charge in [0.25, 0.3) is 11.1 Å². The summed E-state index contributed by atoms with van der Waals surface area (Å²) in [4.78, 5) is 12.7. The number of halogens is 1. The summed E-state index contributed by atoms with van der Waals surface area (Å²) >= 11 is 7.07. The zero-order valence-electron chi connectivity index (χ0n) is 16.2. The highest BCUT2D eigenvalue weighted by Crippen LogP contribution is 2.24. The van der Waals surface area contributed by atoms with Gasteiger partial charge in [0, 0.05) is 10.6 Å². The van der Waals surface area contributed by atoms with Gasteiger partial charge in [-0.15, -0.1) is 10.2 Å². The highest BCUT2D eigenvalue weighted by molar-refractivity contribution is 7.99. The lowest BCUT2D eigenvalue weighted by molar-refractivity contribution is 0.102. The summed E-state index contributed by atoms with van der Waals surface area (Å²) < 4.78 is 11.1. The first-order valence-electron chi connectivity index (χ1n) is 8.79. The number of thioether (sulfide) groups is 1. The van der Waals surface area contributed by atoms with Crippen LogP contribution in [0, 0.1) is 27.7 Å². The molecule has 0 amide bonds. The number of Topliss-reactive ketones (excluding diaryl/α,β-unsaturated/α-hetero) is 1. The highest BCUT2D eigenvalue weighted by Gasteiger charge is 2.16. The second-order valence-corrected chi connectivity index (χ2v) is 7.90. The van der Waals surface area contributed by atoms with Crippen molar-refractivity contribution in [2.24, 2.45) is 0 Å². The quantitative estimate of drug-likeness (QED) is 0.373. The summed E-state index contributed by atoms with van der Waals surface area (Å²) in [6.07, 6.45) is 0. The Morgan fingerprint density at radius 2 is 1.79 bits per heavy atom. The van der Waals surface area contributed by atoms with Crippen molar-refractivity contribution in [2.75, 3.05) is 5.75 Å². The third-order valence-electron chi connectivity index (χ3n) is 4.73. The topological polar surface area (TPSA) is 65.2 Å². The van der Waals surface area contributed by atoms with Crippen LogP contribution >= 0.6 is 23.4 Å². The maximum Gasteiger partial charge on any atom is 0.277 e. The van der Waals surface area contributed by atoms with Crippen molar-refractivity contribution in [3.8, 4) is 5.75 Å². The van der Waals surface area contributed by atoms with Crippen molar-refractivity contribution < 1.29 is 13.9 Å². The van der Waals surface area contributed by atoms with Gasteiger partial charge in [-0.1, -0.05) is 23.4 Å². The normalized spacial score (nSPS) is 10.9.